The van der Waals surface area contributed by atoms with Gasteiger partial charge >= 0.3 is 6.18 Å². The van der Waals surface area contributed by atoms with Crippen molar-refractivity contribution in [2.75, 3.05) is 0 Å². The maximum Gasteiger partial charge on any atom is 0.415 e. The van der Waals surface area contributed by atoms with Crippen LogP contribution in [0.15, 0.2) is 34.5 Å². The van der Waals surface area contributed by atoms with E-state index in [4.69, 9.17) is 0 Å². The zero-order valence-electron chi connectivity index (χ0n) is 5.58. The lowest BCUT2D eigenvalue weighted by molar-refractivity contribution is -0.0878. The van der Waals surface area contributed by atoms with Gasteiger partial charge in [-0.25, -0.2) is 0 Å². The second-order valence-electron chi connectivity index (χ2n) is 1.80. The molecular weight excluding hydrogens is 268 g/mol. The van der Waals surface area contributed by atoms with Gasteiger partial charge in [0.2, 0.25) is 0 Å². The van der Waals surface area contributed by atoms with Crippen LogP contribution in [0.5, 0.6) is 0 Å². The molecule has 0 aliphatic heterocycles. The lowest BCUT2D eigenvalue weighted by atomic mass is 10.3. The second-order valence-corrected chi connectivity index (χ2v) is 3.19. The van der Waals surface area contributed by atoms with Crippen LogP contribution in [0.2, 0.25) is 0 Å². The van der Waals surface area contributed by atoms with Crippen LogP contribution in [0.4, 0.5) is 13.2 Å². The van der Waals surface area contributed by atoms with Gasteiger partial charge < -0.3 is 0 Å². The molecule has 0 spiro atoms. The molecule has 0 radical (unpaired) electrons. The fraction of sp³-hybridized carbons (Fsp3) is 0.143. The summed E-state index contributed by atoms with van der Waals surface area (Å²) in [5.74, 6) is 0. The first-order valence-electron chi connectivity index (χ1n) is 2.62. The van der Waals surface area contributed by atoms with Crippen LogP contribution in [0.25, 0.3) is 0 Å². The van der Waals surface area contributed by atoms with Crippen LogP contribution < -0.4 is 0 Å². The van der Waals surface area contributed by atoms with Crippen LogP contribution in [0, 0.1) is 0 Å². The average molecular weight is 274 g/mol. The molecule has 11 heavy (non-hydrogen) atoms. The van der Waals surface area contributed by atoms with Gasteiger partial charge in [-0.15, -0.1) is 0 Å². The van der Waals surface area contributed by atoms with E-state index in [0.717, 1.165) is 6.08 Å². The highest BCUT2D eigenvalue weighted by Gasteiger charge is 2.29. The Bertz CT molecular complexity index is 200. The topological polar surface area (TPSA) is 0 Å². The van der Waals surface area contributed by atoms with E-state index in [1.54, 1.807) is 0 Å². The van der Waals surface area contributed by atoms with E-state index in [9.17, 15) is 13.2 Å². The second kappa shape index (κ2) is 3.94. The van der Waals surface area contributed by atoms with Gasteiger partial charge in [-0.2, -0.15) is 13.2 Å². The predicted molar refractivity (Wildman–Crippen MR) is 47.5 cm³/mol. The van der Waals surface area contributed by atoms with Crippen LogP contribution in [0.1, 0.15) is 0 Å². The van der Waals surface area contributed by atoms with Crippen molar-refractivity contribution in [2.24, 2.45) is 0 Å². The number of rotatable bonds is 2. The molecule has 0 amide bonds. The third-order valence-corrected chi connectivity index (χ3v) is 1.19. The maximum absolute atomic E-state index is 11.7. The van der Waals surface area contributed by atoms with Gasteiger partial charge in [-0.05, 0) is 34.7 Å². The summed E-state index contributed by atoms with van der Waals surface area (Å²) in [7, 11) is 0. The van der Waals surface area contributed by atoms with E-state index in [-0.39, 0.29) is 0 Å². The van der Waals surface area contributed by atoms with Gasteiger partial charge in [0, 0.05) is 9.15 Å². The molecule has 0 heterocycles. The molecule has 0 rings (SSSR count). The van der Waals surface area contributed by atoms with Gasteiger partial charge in [0.15, 0.2) is 0 Å². The predicted octanol–water partition coefficient (Wildman–Crippen LogP) is 3.61. The number of halogens is 4. The minimum atomic E-state index is -4.33. The summed E-state index contributed by atoms with van der Waals surface area (Å²) in [5.41, 5.74) is -0.865. The highest BCUT2D eigenvalue weighted by molar-refractivity contribution is 14.1. The molecule has 0 aromatic rings. The Kier molecular flexibility index (Phi) is 3.85. The fourth-order valence-electron chi connectivity index (χ4n) is 0.286. The van der Waals surface area contributed by atoms with Crippen LogP contribution in [0.3, 0.4) is 0 Å². The number of allylic oxidation sites excluding steroid dienone is 4. The monoisotopic (exact) mass is 274 g/mol. The van der Waals surface area contributed by atoms with Crippen molar-refractivity contribution in [3.05, 3.63) is 34.5 Å². The Morgan fingerprint density at radius 3 is 1.91 bits per heavy atom. The van der Waals surface area contributed by atoms with Crippen molar-refractivity contribution < 1.29 is 13.2 Å². The molecule has 62 valence electrons. The summed E-state index contributed by atoms with van der Waals surface area (Å²) in [6.07, 6.45) is -2.17. The third-order valence-electron chi connectivity index (χ3n) is 0.829. The van der Waals surface area contributed by atoms with Crippen molar-refractivity contribution in [1.82, 2.24) is 0 Å². The lowest BCUT2D eigenvalue weighted by Crippen LogP contribution is -2.08. The van der Waals surface area contributed by atoms with Crippen LogP contribution in [-0.4, -0.2) is 6.18 Å². The SMILES string of the molecule is C=C(I)/C=C\C(=C)C(F)(F)F. The smallest absolute Gasteiger partial charge is 0.166 e. The minimum Gasteiger partial charge on any atom is -0.166 e. The summed E-state index contributed by atoms with van der Waals surface area (Å²) < 4.78 is 35.7. The Balaban J connectivity index is 4.20. The molecular formula is C7H6F3I. The van der Waals surface area contributed by atoms with E-state index in [0.29, 0.717) is 3.58 Å². The molecule has 4 heteroatoms. The van der Waals surface area contributed by atoms with Crippen LogP contribution >= 0.6 is 22.6 Å². The molecule has 0 nitrogen and oxygen atoms in total. The van der Waals surface area contributed by atoms with E-state index in [1.165, 1.54) is 6.08 Å². The molecule has 0 aliphatic rings. The summed E-state index contributed by atoms with van der Waals surface area (Å²) in [4.78, 5) is 0. The highest BCUT2D eigenvalue weighted by Crippen LogP contribution is 2.25. The number of alkyl halides is 3. The molecule has 0 aromatic carbocycles. The average Bonchev–Trinajstić information content (AvgIpc) is 1.80. The van der Waals surface area contributed by atoms with E-state index in [2.05, 4.69) is 13.2 Å². The number of hydrogen-bond acceptors (Lipinski definition) is 0. The first-order chi connectivity index (χ1) is 4.84. The minimum absolute atomic E-state index is 0.535. The summed E-state index contributed by atoms with van der Waals surface area (Å²) >= 11 is 1.81. The van der Waals surface area contributed by atoms with Gasteiger partial charge in [0.25, 0.3) is 0 Å². The summed E-state index contributed by atoms with van der Waals surface area (Å²) in [5, 5.41) is 0. The zero-order chi connectivity index (χ0) is 9.07. The van der Waals surface area contributed by atoms with E-state index < -0.39 is 11.7 Å². The van der Waals surface area contributed by atoms with Crippen LogP contribution in [-0.2, 0) is 0 Å². The Labute approximate surface area is 76.6 Å². The van der Waals surface area contributed by atoms with Gasteiger partial charge in [0.1, 0.15) is 0 Å². The maximum atomic E-state index is 11.7. The molecule has 0 unspecified atom stereocenters. The highest BCUT2D eigenvalue weighted by atomic mass is 127. The van der Waals surface area contributed by atoms with E-state index >= 15 is 0 Å². The molecule has 0 bridgehead atoms. The zero-order valence-corrected chi connectivity index (χ0v) is 7.74. The Morgan fingerprint density at radius 1 is 1.18 bits per heavy atom. The molecule has 0 aromatic heterocycles. The van der Waals surface area contributed by atoms with Crippen molar-refractivity contribution in [3.63, 3.8) is 0 Å². The third kappa shape index (κ3) is 5.06. The molecule has 0 atom stereocenters. The Morgan fingerprint density at radius 2 is 1.64 bits per heavy atom. The summed E-state index contributed by atoms with van der Waals surface area (Å²) in [6.45, 7) is 6.24. The molecule has 0 fully saturated rings. The molecule has 0 N–H and O–H groups in total. The van der Waals surface area contributed by atoms with Crippen molar-refractivity contribution in [3.8, 4) is 0 Å². The molecule has 0 aliphatic carbocycles. The fourth-order valence-corrected chi connectivity index (χ4v) is 0.465. The van der Waals surface area contributed by atoms with Gasteiger partial charge in [-0.1, -0.05) is 13.2 Å². The van der Waals surface area contributed by atoms with Crippen molar-refractivity contribution >= 4 is 22.6 Å². The standard InChI is InChI=1S/C7H6F3I/c1-5(7(8,9)10)3-4-6(2)11/h3-4H,1-2H2/b4-3-. The van der Waals surface area contributed by atoms with Gasteiger partial charge in [0.05, 0.1) is 0 Å². The Hall–Kier alpha value is -0.260. The lowest BCUT2D eigenvalue weighted by Gasteiger charge is -2.03. The summed E-state index contributed by atoms with van der Waals surface area (Å²) in [6, 6.07) is 0. The first-order valence-corrected chi connectivity index (χ1v) is 3.70. The first kappa shape index (κ1) is 10.7. The normalized spacial score (nSPS) is 12.0. The van der Waals surface area contributed by atoms with E-state index in [1.807, 2.05) is 22.6 Å². The molecule has 0 saturated carbocycles. The van der Waals surface area contributed by atoms with Crippen molar-refractivity contribution in [2.45, 2.75) is 6.18 Å². The van der Waals surface area contributed by atoms with Crippen molar-refractivity contribution in [1.29, 1.82) is 0 Å². The quantitative estimate of drug-likeness (QED) is 0.533. The van der Waals surface area contributed by atoms with Gasteiger partial charge in [-0.3, -0.25) is 0 Å². The molecule has 0 saturated heterocycles. The number of hydrogen-bond donors (Lipinski definition) is 0. The largest absolute Gasteiger partial charge is 0.415 e.